The molecule has 1 unspecified atom stereocenters. The van der Waals surface area contributed by atoms with Crippen LogP contribution >= 0.6 is 23.4 Å². The van der Waals surface area contributed by atoms with Gasteiger partial charge in [0.1, 0.15) is 5.02 Å². The maximum Gasteiger partial charge on any atom is 0.169 e. The number of rotatable bonds is 5. The molecule has 0 aliphatic heterocycles. The van der Waals surface area contributed by atoms with Gasteiger partial charge in [-0.3, -0.25) is 0 Å². The summed E-state index contributed by atoms with van der Waals surface area (Å²) >= 11 is 7.58. The van der Waals surface area contributed by atoms with E-state index < -0.39 is 5.82 Å². The summed E-state index contributed by atoms with van der Waals surface area (Å²) in [4.78, 5) is 1.81. The van der Waals surface area contributed by atoms with Gasteiger partial charge in [0.25, 0.3) is 0 Å². The second-order valence-corrected chi connectivity index (χ2v) is 5.64. The summed E-state index contributed by atoms with van der Waals surface area (Å²) < 4.78 is 14.1. The molecule has 0 fully saturated rings. The Balaban J connectivity index is 3.05. The number of hydrogen-bond acceptors (Lipinski definition) is 4. The molecule has 0 saturated heterocycles. The summed E-state index contributed by atoms with van der Waals surface area (Å²) in [5.74, 6) is 0.461. The summed E-state index contributed by atoms with van der Waals surface area (Å²) in [6, 6.07) is 1.67. The lowest BCUT2D eigenvalue weighted by atomic mass is 10.1. The quantitative estimate of drug-likeness (QED) is 0.818. The van der Waals surface area contributed by atoms with E-state index in [2.05, 4.69) is 0 Å². The van der Waals surface area contributed by atoms with Crippen LogP contribution in [0.2, 0.25) is 5.02 Å². The van der Waals surface area contributed by atoms with Crippen molar-refractivity contribution in [1.82, 2.24) is 0 Å². The van der Waals surface area contributed by atoms with Crippen molar-refractivity contribution < 1.29 is 4.39 Å². The Morgan fingerprint density at radius 2 is 2.06 bits per heavy atom. The van der Waals surface area contributed by atoms with Crippen LogP contribution in [0.5, 0.6) is 0 Å². The Kier molecular flexibility index (Phi) is 5.41. The van der Waals surface area contributed by atoms with E-state index in [-0.39, 0.29) is 16.8 Å². The highest BCUT2D eigenvalue weighted by molar-refractivity contribution is 7.98. The van der Waals surface area contributed by atoms with Gasteiger partial charge >= 0.3 is 0 Å². The van der Waals surface area contributed by atoms with Crippen molar-refractivity contribution in [2.45, 2.75) is 19.4 Å². The summed E-state index contributed by atoms with van der Waals surface area (Å²) in [6.45, 7) is 2.03. The van der Waals surface area contributed by atoms with Crippen LogP contribution in [-0.2, 0) is 0 Å². The van der Waals surface area contributed by atoms with Crippen LogP contribution in [0.3, 0.4) is 0 Å². The molecule has 0 amide bonds. The van der Waals surface area contributed by atoms with Gasteiger partial charge in [-0.15, -0.1) is 0 Å². The second-order valence-electron chi connectivity index (χ2n) is 4.27. The first-order chi connectivity index (χ1) is 8.40. The van der Waals surface area contributed by atoms with Crippen molar-refractivity contribution in [3.05, 3.63) is 16.9 Å². The zero-order valence-corrected chi connectivity index (χ0v) is 12.4. The summed E-state index contributed by atoms with van der Waals surface area (Å²) in [5, 5.41) is -0.0666. The Bertz CT molecular complexity index is 428. The molecule has 1 aromatic rings. The third kappa shape index (κ3) is 3.14. The van der Waals surface area contributed by atoms with Gasteiger partial charge in [0.15, 0.2) is 5.82 Å². The molecule has 0 heterocycles. The topological polar surface area (TPSA) is 55.3 Å². The van der Waals surface area contributed by atoms with Crippen LogP contribution in [0, 0.1) is 5.82 Å². The highest BCUT2D eigenvalue weighted by atomic mass is 35.5. The molecule has 0 aliphatic rings. The predicted molar refractivity (Wildman–Crippen MR) is 81.1 cm³/mol. The van der Waals surface area contributed by atoms with Crippen molar-refractivity contribution in [2.75, 3.05) is 35.4 Å². The predicted octanol–water partition coefficient (Wildman–Crippen LogP) is 3.22. The largest absolute Gasteiger partial charge is 0.397 e. The van der Waals surface area contributed by atoms with Crippen LogP contribution in [0.15, 0.2) is 6.07 Å². The Morgan fingerprint density at radius 3 is 2.61 bits per heavy atom. The van der Waals surface area contributed by atoms with Crippen molar-refractivity contribution in [1.29, 1.82) is 0 Å². The third-order valence-electron chi connectivity index (χ3n) is 2.99. The molecular weight excluding hydrogens is 273 g/mol. The van der Waals surface area contributed by atoms with Crippen molar-refractivity contribution in [3.63, 3.8) is 0 Å². The minimum atomic E-state index is -0.548. The molecule has 4 N–H and O–H groups in total. The van der Waals surface area contributed by atoms with Crippen molar-refractivity contribution in [3.8, 4) is 0 Å². The minimum absolute atomic E-state index is 0.0666. The van der Waals surface area contributed by atoms with Crippen LogP contribution in [0.4, 0.5) is 21.5 Å². The van der Waals surface area contributed by atoms with Crippen LogP contribution in [0.25, 0.3) is 0 Å². The number of hydrogen-bond donors (Lipinski definition) is 2. The van der Waals surface area contributed by atoms with Crippen LogP contribution in [-0.4, -0.2) is 25.1 Å². The van der Waals surface area contributed by atoms with E-state index in [0.717, 1.165) is 12.2 Å². The molecule has 6 heteroatoms. The highest BCUT2D eigenvalue weighted by Crippen LogP contribution is 2.36. The number of nitrogens with zero attached hydrogens (tertiary/aromatic N) is 1. The molecule has 1 rings (SSSR count). The lowest BCUT2D eigenvalue weighted by Crippen LogP contribution is -2.31. The van der Waals surface area contributed by atoms with E-state index in [1.807, 2.05) is 25.1 Å². The molecule has 1 atom stereocenters. The average Bonchev–Trinajstić information content (AvgIpc) is 2.33. The lowest BCUT2D eigenvalue weighted by Gasteiger charge is -2.29. The highest BCUT2D eigenvalue weighted by Gasteiger charge is 2.20. The van der Waals surface area contributed by atoms with E-state index in [0.29, 0.717) is 11.4 Å². The molecule has 1 aromatic carbocycles. The van der Waals surface area contributed by atoms with Crippen molar-refractivity contribution in [2.24, 2.45) is 0 Å². The number of nitrogen functional groups attached to an aromatic ring is 2. The Morgan fingerprint density at radius 1 is 1.44 bits per heavy atom. The van der Waals surface area contributed by atoms with Gasteiger partial charge in [-0.1, -0.05) is 11.6 Å². The second kappa shape index (κ2) is 6.38. The number of thioether (sulfide) groups is 1. The first kappa shape index (κ1) is 15.2. The molecule has 3 nitrogen and oxygen atoms in total. The molecule has 0 radical (unpaired) electrons. The van der Waals surface area contributed by atoms with E-state index in [4.69, 9.17) is 23.1 Å². The van der Waals surface area contributed by atoms with Gasteiger partial charge in [-0.25, -0.2) is 4.39 Å². The normalized spacial score (nSPS) is 12.5. The Labute approximate surface area is 117 Å². The molecule has 0 bridgehead atoms. The first-order valence-corrected chi connectivity index (χ1v) is 7.42. The standard InChI is InChI=1S/C12H19ClFN3S/c1-7(4-5-18-3)17(2)12-9(16)6-8(15)10(13)11(12)14/h6-7H,4-5,15-16H2,1-3H3. The molecule has 0 aromatic heterocycles. The summed E-state index contributed by atoms with van der Waals surface area (Å²) in [7, 11) is 1.81. The molecule has 0 aliphatic carbocycles. The number of anilines is 3. The number of nitrogens with two attached hydrogens (primary N) is 2. The Hall–Kier alpha value is -0.810. The monoisotopic (exact) mass is 291 g/mol. The van der Waals surface area contributed by atoms with E-state index >= 15 is 0 Å². The molecular formula is C12H19ClFN3S. The van der Waals surface area contributed by atoms with Crippen molar-refractivity contribution >= 4 is 40.4 Å². The van der Waals surface area contributed by atoms with Gasteiger partial charge < -0.3 is 16.4 Å². The van der Waals surface area contributed by atoms with E-state index in [1.165, 1.54) is 6.07 Å². The van der Waals surface area contributed by atoms with E-state index in [1.54, 1.807) is 11.8 Å². The number of benzene rings is 1. The SMILES string of the molecule is CSCCC(C)N(C)c1c(N)cc(N)c(Cl)c1F. The van der Waals surface area contributed by atoms with Gasteiger partial charge in [0, 0.05) is 13.1 Å². The van der Waals surface area contributed by atoms with Gasteiger partial charge in [0.05, 0.1) is 17.1 Å². The maximum atomic E-state index is 14.1. The molecule has 18 heavy (non-hydrogen) atoms. The molecule has 0 saturated carbocycles. The van der Waals surface area contributed by atoms with E-state index in [9.17, 15) is 4.39 Å². The summed E-state index contributed by atoms with van der Waals surface area (Å²) in [5.41, 5.74) is 12.2. The van der Waals surface area contributed by atoms with Gasteiger partial charge in [-0.05, 0) is 31.4 Å². The maximum absolute atomic E-state index is 14.1. The number of halogens is 2. The summed E-state index contributed by atoms with van der Waals surface area (Å²) in [6.07, 6.45) is 2.99. The van der Waals surface area contributed by atoms with Crippen LogP contribution < -0.4 is 16.4 Å². The smallest absolute Gasteiger partial charge is 0.169 e. The fourth-order valence-electron chi connectivity index (χ4n) is 1.72. The fraction of sp³-hybridized carbons (Fsp3) is 0.500. The first-order valence-electron chi connectivity index (χ1n) is 5.64. The zero-order valence-electron chi connectivity index (χ0n) is 10.8. The molecule has 0 spiro atoms. The third-order valence-corrected chi connectivity index (χ3v) is 4.02. The molecule has 102 valence electrons. The fourth-order valence-corrected chi connectivity index (χ4v) is 2.44. The minimum Gasteiger partial charge on any atom is -0.397 e. The average molecular weight is 292 g/mol. The zero-order chi connectivity index (χ0) is 13.9. The van der Waals surface area contributed by atoms with Gasteiger partial charge in [-0.2, -0.15) is 11.8 Å². The van der Waals surface area contributed by atoms with Gasteiger partial charge in [0.2, 0.25) is 0 Å². The lowest BCUT2D eigenvalue weighted by molar-refractivity contribution is 0.603. The van der Waals surface area contributed by atoms with Crippen LogP contribution in [0.1, 0.15) is 13.3 Å².